The number of ketones is 1. The van der Waals surface area contributed by atoms with Crippen molar-refractivity contribution in [3.63, 3.8) is 0 Å². The van der Waals surface area contributed by atoms with Crippen LogP contribution in [-0.4, -0.2) is 28.2 Å². The lowest BCUT2D eigenvalue weighted by atomic mass is 9.94. The normalized spacial score (nSPS) is 18.7. The molecule has 0 aliphatic carbocycles. The Hall–Kier alpha value is -2.04. The van der Waals surface area contributed by atoms with Gasteiger partial charge in [0, 0.05) is 12.5 Å². The summed E-state index contributed by atoms with van der Waals surface area (Å²) in [7, 11) is 0. The van der Waals surface area contributed by atoms with E-state index in [4.69, 9.17) is 4.42 Å². The molecule has 0 fully saturated rings. The van der Waals surface area contributed by atoms with Crippen LogP contribution in [0, 0.1) is 12.8 Å². The first kappa shape index (κ1) is 16.3. The lowest BCUT2D eigenvalue weighted by Gasteiger charge is -2.25. The Morgan fingerprint density at radius 1 is 1.41 bits per heavy atom. The molecule has 0 aromatic carbocycles. The lowest BCUT2D eigenvalue weighted by Crippen LogP contribution is -2.32. The minimum absolute atomic E-state index is 0.158. The molecule has 1 amide bonds. The summed E-state index contributed by atoms with van der Waals surface area (Å²) in [4.78, 5) is 26.4. The summed E-state index contributed by atoms with van der Waals surface area (Å²) in [6.07, 6.45) is 1.72. The second-order valence-electron chi connectivity index (χ2n) is 5.98. The second kappa shape index (κ2) is 6.38. The molecular formula is C17H23NO4. The monoisotopic (exact) mass is 305 g/mol. The molecule has 0 saturated heterocycles. The van der Waals surface area contributed by atoms with Crippen LogP contribution >= 0.6 is 0 Å². The van der Waals surface area contributed by atoms with Crippen molar-refractivity contribution < 1.29 is 19.1 Å². The van der Waals surface area contributed by atoms with Gasteiger partial charge in [0.25, 0.3) is 5.91 Å². The summed E-state index contributed by atoms with van der Waals surface area (Å²) in [5.41, 5.74) is 0.158. The number of aryl methyl sites for hydroxylation is 1. The van der Waals surface area contributed by atoms with Gasteiger partial charge in [0.1, 0.15) is 17.6 Å². The molecular weight excluding hydrogens is 282 g/mol. The van der Waals surface area contributed by atoms with E-state index in [1.165, 1.54) is 4.90 Å². The molecule has 1 atom stereocenters. The van der Waals surface area contributed by atoms with Gasteiger partial charge >= 0.3 is 0 Å². The molecule has 2 heterocycles. The molecule has 5 heteroatoms. The highest BCUT2D eigenvalue weighted by molar-refractivity contribution is 6.09. The van der Waals surface area contributed by atoms with Gasteiger partial charge in [0.05, 0.1) is 5.57 Å². The molecule has 120 valence electrons. The summed E-state index contributed by atoms with van der Waals surface area (Å²) >= 11 is 0. The predicted molar refractivity (Wildman–Crippen MR) is 82.3 cm³/mol. The van der Waals surface area contributed by atoms with E-state index in [0.717, 1.165) is 12.8 Å². The van der Waals surface area contributed by atoms with Gasteiger partial charge in [-0.05, 0) is 25.5 Å². The second-order valence-corrected chi connectivity index (χ2v) is 5.98. The number of furan rings is 1. The van der Waals surface area contributed by atoms with E-state index < -0.39 is 17.7 Å². The van der Waals surface area contributed by atoms with E-state index >= 15 is 0 Å². The third-order valence-corrected chi connectivity index (χ3v) is 3.88. The van der Waals surface area contributed by atoms with Gasteiger partial charge in [-0.25, -0.2) is 0 Å². The maximum Gasteiger partial charge on any atom is 0.290 e. The summed E-state index contributed by atoms with van der Waals surface area (Å²) in [5, 5.41) is 10.2. The first-order valence-corrected chi connectivity index (χ1v) is 7.73. The Morgan fingerprint density at radius 2 is 2.09 bits per heavy atom. The highest BCUT2D eigenvalue weighted by Gasteiger charge is 2.45. The highest BCUT2D eigenvalue weighted by atomic mass is 16.3. The first-order chi connectivity index (χ1) is 10.4. The quantitative estimate of drug-likeness (QED) is 0.875. The third kappa shape index (κ3) is 2.80. The van der Waals surface area contributed by atoms with Gasteiger partial charge in [0.15, 0.2) is 11.5 Å². The largest absolute Gasteiger partial charge is 0.503 e. The molecule has 0 spiro atoms. The number of carbonyl (C=O) groups excluding carboxylic acids is 2. The van der Waals surface area contributed by atoms with Crippen molar-refractivity contribution >= 4 is 11.7 Å². The number of aliphatic hydroxyl groups is 1. The van der Waals surface area contributed by atoms with Crippen molar-refractivity contribution in [3.05, 3.63) is 35.0 Å². The highest BCUT2D eigenvalue weighted by Crippen LogP contribution is 2.39. The van der Waals surface area contributed by atoms with Crippen molar-refractivity contribution in [1.82, 2.24) is 4.90 Å². The predicted octanol–water partition coefficient (Wildman–Crippen LogP) is 3.31. The molecule has 1 aliphatic heterocycles. The standard InChI is InChI=1S/C17H23NO4/c1-5-6-9-18-14(12-8-7-11(4)22-12)13(15(19)10(2)3)16(20)17(18)21/h7-8,10,14,20H,5-6,9H2,1-4H3. The number of nitrogens with zero attached hydrogens (tertiary/aromatic N) is 1. The number of hydrogen-bond acceptors (Lipinski definition) is 4. The fourth-order valence-corrected chi connectivity index (χ4v) is 2.67. The fraction of sp³-hybridized carbons (Fsp3) is 0.529. The van der Waals surface area contributed by atoms with Crippen LogP contribution in [0.4, 0.5) is 0 Å². The number of unbranched alkanes of at least 4 members (excludes halogenated alkanes) is 1. The van der Waals surface area contributed by atoms with E-state index in [-0.39, 0.29) is 17.3 Å². The maximum atomic E-state index is 12.5. The van der Waals surface area contributed by atoms with Crippen LogP contribution in [-0.2, 0) is 9.59 Å². The van der Waals surface area contributed by atoms with Crippen LogP contribution in [0.15, 0.2) is 27.9 Å². The van der Waals surface area contributed by atoms with Gasteiger partial charge in [-0.1, -0.05) is 27.2 Å². The molecule has 1 aromatic heterocycles. The van der Waals surface area contributed by atoms with E-state index in [1.807, 2.05) is 13.8 Å². The van der Waals surface area contributed by atoms with Crippen molar-refractivity contribution in [2.45, 2.75) is 46.6 Å². The van der Waals surface area contributed by atoms with E-state index in [2.05, 4.69) is 0 Å². The van der Waals surface area contributed by atoms with Crippen LogP contribution in [0.2, 0.25) is 0 Å². The molecule has 2 rings (SSSR count). The number of carbonyl (C=O) groups is 2. The van der Waals surface area contributed by atoms with Gasteiger partial charge in [-0.15, -0.1) is 0 Å². The molecule has 22 heavy (non-hydrogen) atoms. The third-order valence-electron chi connectivity index (χ3n) is 3.88. The maximum absolute atomic E-state index is 12.5. The van der Waals surface area contributed by atoms with Gasteiger partial charge in [0.2, 0.25) is 0 Å². The molecule has 0 radical (unpaired) electrons. The van der Waals surface area contributed by atoms with Crippen LogP contribution in [0.5, 0.6) is 0 Å². The molecule has 5 nitrogen and oxygen atoms in total. The topological polar surface area (TPSA) is 70.8 Å². The minimum atomic E-state index is -0.623. The van der Waals surface area contributed by atoms with Crippen molar-refractivity contribution in [3.8, 4) is 0 Å². The average Bonchev–Trinajstić information content (AvgIpc) is 2.99. The van der Waals surface area contributed by atoms with E-state index in [9.17, 15) is 14.7 Å². The minimum Gasteiger partial charge on any atom is -0.503 e. The molecule has 1 aliphatic rings. The average molecular weight is 305 g/mol. The Labute approximate surface area is 130 Å². The summed E-state index contributed by atoms with van der Waals surface area (Å²) in [6, 6.07) is 2.94. The first-order valence-electron chi connectivity index (χ1n) is 7.73. The molecule has 1 aromatic rings. The molecule has 1 N–H and O–H groups in total. The smallest absolute Gasteiger partial charge is 0.290 e. The van der Waals surface area contributed by atoms with Crippen LogP contribution in [0.1, 0.15) is 51.2 Å². The van der Waals surface area contributed by atoms with Crippen molar-refractivity contribution in [1.29, 1.82) is 0 Å². The van der Waals surface area contributed by atoms with Crippen LogP contribution in [0.3, 0.4) is 0 Å². The van der Waals surface area contributed by atoms with E-state index in [1.54, 1.807) is 26.0 Å². The van der Waals surface area contributed by atoms with Crippen molar-refractivity contribution in [2.75, 3.05) is 6.54 Å². The number of hydrogen-bond donors (Lipinski definition) is 1. The number of amides is 1. The number of rotatable bonds is 6. The zero-order valence-corrected chi connectivity index (χ0v) is 13.5. The Balaban J connectivity index is 2.47. The van der Waals surface area contributed by atoms with Gasteiger partial charge in [-0.3, -0.25) is 9.59 Å². The Kier molecular flexibility index (Phi) is 4.74. The number of Topliss-reactive ketones (excluding diaryl/α,β-unsaturated/α-hetero) is 1. The summed E-state index contributed by atoms with van der Waals surface area (Å²) in [6.45, 7) is 7.83. The number of aliphatic hydroxyl groups excluding tert-OH is 1. The van der Waals surface area contributed by atoms with Gasteiger partial charge in [-0.2, -0.15) is 0 Å². The van der Waals surface area contributed by atoms with E-state index in [0.29, 0.717) is 18.1 Å². The SMILES string of the molecule is CCCCN1C(=O)C(O)=C(C(=O)C(C)C)C1c1ccc(C)o1. The zero-order chi connectivity index (χ0) is 16.4. The van der Waals surface area contributed by atoms with Crippen LogP contribution in [0.25, 0.3) is 0 Å². The lowest BCUT2D eigenvalue weighted by molar-refractivity contribution is -0.129. The fourth-order valence-electron chi connectivity index (χ4n) is 2.67. The Morgan fingerprint density at radius 3 is 2.59 bits per heavy atom. The zero-order valence-electron chi connectivity index (χ0n) is 13.5. The molecule has 0 bridgehead atoms. The summed E-state index contributed by atoms with van der Waals surface area (Å²) in [5.74, 6) is -0.209. The molecule has 1 unspecified atom stereocenters. The van der Waals surface area contributed by atoms with Crippen molar-refractivity contribution in [2.24, 2.45) is 5.92 Å². The molecule has 0 saturated carbocycles. The van der Waals surface area contributed by atoms with Gasteiger partial charge < -0.3 is 14.4 Å². The summed E-state index contributed by atoms with van der Waals surface area (Å²) < 4.78 is 5.64. The van der Waals surface area contributed by atoms with Crippen LogP contribution < -0.4 is 0 Å². The Bertz CT molecular complexity index is 612.